The Morgan fingerprint density at radius 2 is 2.42 bits per heavy atom. The zero-order valence-corrected chi connectivity index (χ0v) is 7.69. The predicted octanol–water partition coefficient (Wildman–Crippen LogP) is 2.37. The van der Waals surface area contributed by atoms with Gasteiger partial charge in [-0.05, 0) is 31.4 Å². The smallest absolute Gasteiger partial charge is 0.217 e. The summed E-state index contributed by atoms with van der Waals surface area (Å²) in [4.78, 5) is 4.16. The van der Waals surface area contributed by atoms with Gasteiger partial charge < -0.3 is 4.74 Å². The maximum atomic E-state index is 5.85. The molecule has 12 heavy (non-hydrogen) atoms. The first kappa shape index (κ1) is 7.87. The first-order valence-corrected chi connectivity index (χ1v) is 4.44. The van der Waals surface area contributed by atoms with E-state index in [0.717, 1.165) is 30.9 Å². The molecule has 0 fully saturated rings. The maximum absolute atomic E-state index is 5.85. The van der Waals surface area contributed by atoms with Gasteiger partial charge in [-0.2, -0.15) is 0 Å². The summed E-state index contributed by atoms with van der Waals surface area (Å²) in [5.41, 5.74) is 2.21. The lowest BCUT2D eigenvalue weighted by molar-refractivity contribution is 0.276. The molecule has 0 amide bonds. The number of halogens is 1. The van der Waals surface area contributed by atoms with Gasteiger partial charge in [-0.25, -0.2) is 4.98 Å². The van der Waals surface area contributed by atoms with Gasteiger partial charge in [0.25, 0.3) is 0 Å². The van der Waals surface area contributed by atoms with Crippen LogP contribution in [0, 0.1) is 6.92 Å². The second-order valence-electron chi connectivity index (χ2n) is 3.01. The molecular formula is C9H10ClNO. The van der Waals surface area contributed by atoms with Crippen LogP contribution in [-0.4, -0.2) is 11.6 Å². The van der Waals surface area contributed by atoms with Crippen LogP contribution < -0.4 is 4.74 Å². The van der Waals surface area contributed by atoms with Crippen molar-refractivity contribution >= 4 is 11.6 Å². The van der Waals surface area contributed by atoms with Crippen LogP contribution in [0.4, 0.5) is 0 Å². The van der Waals surface area contributed by atoms with Crippen LogP contribution >= 0.6 is 11.6 Å². The molecule has 0 spiro atoms. The summed E-state index contributed by atoms with van der Waals surface area (Å²) in [6.45, 7) is 2.73. The van der Waals surface area contributed by atoms with Gasteiger partial charge in [-0.1, -0.05) is 11.6 Å². The Morgan fingerprint density at radius 3 is 3.25 bits per heavy atom. The van der Waals surface area contributed by atoms with E-state index in [1.165, 1.54) is 5.56 Å². The van der Waals surface area contributed by atoms with Crippen LogP contribution in [0.2, 0.25) is 5.15 Å². The Labute approximate surface area is 76.5 Å². The Kier molecular flexibility index (Phi) is 1.93. The lowest BCUT2D eigenvalue weighted by Crippen LogP contribution is -2.10. The van der Waals surface area contributed by atoms with Gasteiger partial charge in [0.15, 0.2) is 0 Å². The number of pyridine rings is 1. The zero-order chi connectivity index (χ0) is 8.55. The zero-order valence-electron chi connectivity index (χ0n) is 6.93. The molecule has 3 heteroatoms. The minimum absolute atomic E-state index is 0.552. The second kappa shape index (κ2) is 2.94. The SMILES string of the molecule is Cc1cc2c(nc1Cl)OCCC2. The van der Waals surface area contributed by atoms with Gasteiger partial charge in [0.05, 0.1) is 6.61 Å². The molecule has 0 unspecified atom stereocenters. The Hall–Kier alpha value is -0.760. The van der Waals surface area contributed by atoms with Crippen molar-refractivity contribution in [2.24, 2.45) is 0 Å². The fourth-order valence-electron chi connectivity index (χ4n) is 1.37. The third-order valence-electron chi connectivity index (χ3n) is 2.02. The molecule has 1 aliphatic rings. The highest BCUT2D eigenvalue weighted by Gasteiger charge is 2.13. The number of nitrogens with zero attached hydrogens (tertiary/aromatic N) is 1. The van der Waals surface area contributed by atoms with Gasteiger partial charge in [-0.3, -0.25) is 0 Å². The van der Waals surface area contributed by atoms with E-state index < -0.39 is 0 Å². The molecule has 0 saturated heterocycles. The lowest BCUT2D eigenvalue weighted by atomic mass is 10.1. The van der Waals surface area contributed by atoms with Gasteiger partial charge in [0.1, 0.15) is 5.15 Å². The van der Waals surface area contributed by atoms with Crippen LogP contribution in [0.3, 0.4) is 0 Å². The molecule has 2 rings (SSSR count). The standard InChI is InChI=1S/C9H10ClNO/c1-6-5-7-3-2-4-12-9(7)11-8(6)10/h5H,2-4H2,1H3. The van der Waals surface area contributed by atoms with Crippen molar-refractivity contribution in [2.75, 3.05) is 6.61 Å². The molecule has 0 N–H and O–H groups in total. The summed E-state index contributed by atoms with van der Waals surface area (Å²) in [7, 11) is 0. The molecule has 0 aromatic carbocycles. The van der Waals surface area contributed by atoms with E-state index in [0.29, 0.717) is 5.15 Å². The average Bonchev–Trinajstić information content (AvgIpc) is 2.07. The van der Waals surface area contributed by atoms with Crippen molar-refractivity contribution in [3.8, 4) is 5.88 Å². The Morgan fingerprint density at radius 1 is 1.58 bits per heavy atom. The summed E-state index contributed by atoms with van der Waals surface area (Å²) in [6.07, 6.45) is 2.14. The highest BCUT2D eigenvalue weighted by molar-refractivity contribution is 6.30. The van der Waals surface area contributed by atoms with E-state index in [-0.39, 0.29) is 0 Å². The number of aromatic nitrogens is 1. The first-order valence-electron chi connectivity index (χ1n) is 4.06. The number of hydrogen-bond acceptors (Lipinski definition) is 2. The average molecular weight is 184 g/mol. The summed E-state index contributed by atoms with van der Waals surface area (Å²) in [5.74, 6) is 0.719. The largest absolute Gasteiger partial charge is 0.477 e. The Balaban J connectivity index is 2.49. The van der Waals surface area contributed by atoms with Crippen molar-refractivity contribution in [1.29, 1.82) is 0 Å². The highest BCUT2D eigenvalue weighted by Crippen LogP contribution is 2.26. The number of hydrogen-bond donors (Lipinski definition) is 0. The second-order valence-corrected chi connectivity index (χ2v) is 3.37. The summed E-state index contributed by atoms with van der Waals surface area (Å²) in [5, 5.41) is 0.552. The fraction of sp³-hybridized carbons (Fsp3) is 0.444. The number of ether oxygens (including phenoxy) is 1. The number of aryl methyl sites for hydroxylation is 2. The minimum Gasteiger partial charge on any atom is -0.477 e. The molecule has 0 saturated carbocycles. The van der Waals surface area contributed by atoms with Crippen molar-refractivity contribution in [1.82, 2.24) is 4.98 Å². The van der Waals surface area contributed by atoms with Gasteiger partial charge in [0, 0.05) is 5.56 Å². The lowest BCUT2D eigenvalue weighted by Gasteiger charge is -2.16. The van der Waals surface area contributed by atoms with Crippen molar-refractivity contribution in [3.05, 3.63) is 22.3 Å². The quantitative estimate of drug-likeness (QED) is 0.577. The van der Waals surface area contributed by atoms with Crippen molar-refractivity contribution < 1.29 is 4.74 Å². The molecule has 2 nitrogen and oxygen atoms in total. The summed E-state index contributed by atoms with van der Waals surface area (Å²) < 4.78 is 5.36. The number of fused-ring (bicyclic) bond motifs is 1. The number of rotatable bonds is 0. The van der Waals surface area contributed by atoms with E-state index in [1.54, 1.807) is 0 Å². The highest BCUT2D eigenvalue weighted by atomic mass is 35.5. The third kappa shape index (κ3) is 1.27. The normalized spacial score (nSPS) is 15.2. The van der Waals surface area contributed by atoms with Crippen molar-refractivity contribution in [3.63, 3.8) is 0 Å². The van der Waals surface area contributed by atoms with Gasteiger partial charge in [0.2, 0.25) is 5.88 Å². The molecule has 2 heterocycles. The van der Waals surface area contributed by atoms with Crippen LogP contribution in [0.1, 0.15) is 17.5 Å². The molecule has 64 valence electrons. The monoisotopic (exact) mass is 183 g/mol. The van der Waals surface area contributed by atoms with E-state index in [1.807, 2.05) is 6.92 Å². The first-order chi connectivity index (χ1) is 5.77. The molecule has 0 bridgehead atoms. The summed E-state index contributed by atoms with van der Waals surface area (Å²) >= 11 is 5.85. The van der Waals surface area contributed by atoms with Crippen LogP contribution in [0.15, 0.2) is 6.07 Å². The maximum Gasteiger partial charge on any atom is 0.217 e. The molecule has 1 aromatic heterocycles. The predicted molar refractivity (Wildman–Crippen MR) is 47.8 cm³/mol. The van der Waals surface area contributed by atoms with E-state index in [9.17, 15) is 0 Å². The molecular weight excluding hydrogens is 174 g/mol. The Bertz CT molecular complexity index is 281. The van der Waals surface area contributed by atoms with Crippen LogP contribution in [0.25, 0.3) is 0 Å². The van der Waals surface area contributed by atoms with Crippen LogP contribution in [-0.2, 0) is 6.42 Å². The molecule has 0 radical (unpaired) electrons. The van der Waals surface area contributed by atoms with E-state index >= 15 is 0 Å². The van der Waals surface area contributed by atoms with E-state index in [2.05, 4.69) is 11.1 Å². The van der Waals surface area contributed by atoms with Gasteiger partial charge in [-0.15, -0.1) is 0 Å². The molecule has 1 aliphatic heterocycles. The van der Waals surface area contributed by atoms with Gasteiger partial charge >= 0.3 is 0 Å². The fourth-order valence-corrected chi connectivity index (χ4v) is 1.50. The van der Waals surface area contributed by atoms with Crippen LogP contribution in [0.5, 0.6) is 5.88 Å². The molecule has 0 atom stereocenters. The van der Waals surface area contributed by atoms with E-state index in [4.69, 9.17) is 16.3 Å². The topological polar surface area (TPSA) is 22.1 Å². The van der Waals surface area contributed by atoms with Crippen molar-refractivity contribution in [2.45, 2.75) is 19.8 Å². The molecule has 1 aromatic rings. The summed E-state index contributed by atoms with van der Waals surface area (Å²) in [6, 6.07) is 2.06. The molecule has 0 aliphatic carbocycles. The minimum atomic E-state index is 0.552. The third-order valence-corrected chi connectivity index (χ3v) is 2.40.